The summed E-state index contributed by atoms with van der Waals surface area (Å²) in [5.74, 6) is 0.566. The van der Waals surface area contributed by atoms with Gasteiger partial charge in [-0.15, -0.1) is 0 Å². The Morgan fingerprint density at radius 3 is 3.25 bits per heavy atom. The van der Waals surface area contributed by atoms with Crippen LogP contribution >= 0.6 is 0 Å². The fourth-order valence-electron chi connectivity index (χ4n) is 1.03. The molecule has 0 bridgehead atoms. The average molecular weight is 161 g/mol. The van der Waals surface area contributed by atoms with Crippen LogP contribution in [0.5, 0.6) is 5.75 Å². The molecule has 0 saturated heterocycles. The number of hydrogen-bond acceptors (Lipinski definition) is 3. The van der Waals surface area contributed by atoms with E-state index in [1.807, 2.05) is 10.6 Å². The van der Waals surface area contributed by atoms with Crippen LogP contribution in [-0.4, -0.2) is 22.1 Å². The third-order valence-electron chi connectivity index (χ3n) is 1.56. The fourth-order valence-corrected chi connectivity index (χ4v) is 1.03. The molecule has 0 aromatic carbocycles. The van der Waals surface area contributed by atoms with Crippen molar-refractivity contribution in [2.45, 2.75) is 0 Å². The van der Waals surface area contributed by atoms with Gasteiger partial charge in [-0.2, -0.15) is 0 Å². The predicted molar refractivity (Wildman–Crippen MR) is 43.8 cm³/mol. The molecule has 0 saturated carbocycles. The average Bonchev–Trinajstić information content (AvgIpc) is 2.51. The van der Waals surface area contributed by atoms with E-state index in [4.69, 9.17) is 9.68 Å². The summed E-state index contributed by atoms with van der Waals surface area (Å²) in [5, 5.41) is 8.37. The van der Waals surface area contributed by atoms with Gasteiger partial charge in [-0.05, 0) is 6.07 Å². The molecule has 2 aromatic heterocycles. The van der Waals surface area contributed by atoms with Crippen LogP contribution in [0.4, 0.5) is 0 Å². The molecule has 0 aliphatic carbocycles. The molecule has 2 rings (SSSR count). The predicted octanol–water partition coefficient (Wildman–Crippen LogP) is 0.240. The standard InChI is InChI=1S/C7H6BN2O2/c11-8-12-6-1-3-10-4-2-9-7(10)5-6/h1-5,11H. The summed E-state index contributed by atoms with van der Waals surface area (Å²) in [6.07, 6.45) is 5.34. The van der Waals surface area contributed by atoms with E-state index >= 15 is 0 Å². The van der Waals surface area contributed by atoms with Gasteiger partial charge >= 0.3 is 7.69 Å². The smallest absolute Gasteiger partial charge is 0.537 e. The number of rotatable bonds is 2. The van der Waals surface area contributed by atoms with Crippen molar-refractivity contribution < 1.29 is 9.68 Å². The maximum atomic E-state index is 8.37. The Morgan fingerprint density at radius 2 is 2.42 bits per heavy atom. The maximum Gasteiger partial charge on any atom is 0.569 e. The quantitative estimate of drug-likeness (QED) is 0.641. The lowest BCUT2D eigenvalue weighted by atomic mass is 10.3. The topological polar surface area (TPSA) is 46.8 Å². The number of fused-ring (bicyclic) bond motifs is 1. The molecule has 1 radical (unpaired) electrons. The lowest BCUT2D eigenvalue weighted by Gasteiger charge is -2.00. The first-order valence-electron chi connectivity index (χ1n) is 3.45. The maximum absolute atomic E-state index is 8.37. The Bertz CT molecular complexity index is 388. The van der Waals surface area contributed by atoms with E-state index in [9.17, 15) is 0 Å². The van der Waals surface area contributed by atoms with Gasteiger partial charge in [0.05, 0.1) is 0 Å². The van der Waals surface area contributed by atoms with Crippen LogP contribution in [0.1, 0.15) is 0 Å². The van der Waals surface area contributed by atoms with Crippen molar-refractivity contribution in [3.63, 3.8) is 0 Å². The summed E-state index contributed by atoms with van der Waals surface area (Å²) in [4.78, 5) is 4.05. The van der Waals surface area contributed by atoms with Gasteiger partial charge in [-0.1, -0.05) is 0 Å². The summed E-state index contributed by atoms with van der Waals surface area (Å²) < 4.78 is 6.61. The van der Waals surface area contributed by atoms with Crippen LogP contribution < -0.4 is 4.65 Å². The summed E-state index contributed by atoms with van der Waals surface area (Å²) in [7, 11) is 0.648. The van der Waals surface area contributed by atoms with Gasteiger partial charge in [0.15, 0.2) is 0 Å². The van der Waals surface area contributed by atoms with E-state index in [2.05, 4.69) is 4.98 Å². The molecule has 4 nitrogen and oxygen atoms in total. The van der Waals surface area contributed by atoms with Crippen LogP contribution in [0.15, 0.2) is 30.7 Å². The van der Waals surface area contributed by atoms with Gasteiger partial charge in [-0.25, -0.2) is 4.98 Å². The van der Waals surface area contributed by atoms with Crippen molar-refractivity contribution in [3.05, 3.63) is 30.7 Å². The highest BCUT2D eigenvalue weighted by Gasteiger charge is 1.97. The monoisotopic (exact) mass is 161 g/mol. The molecule has 0 atom stereocenters. The zero-order valence-corrected chi connectivity index (χ0v) is 6.21. The summed E-state index contributed by atoms with van der Waals surface area (Å²) in [6, 6.07) is 3.47. The Hall–Kier alpha value is -1.49. The summed E-state index contributed by atoms with van der Waals surface area (Å²) in [6.45, 7) is 0. The molecule has 0 aliphatic heterocycles. The molecule has 0 aliphatic rings. The second kappa shape index (κ2) is 2.87. The van der Waals surface area contributed by atoms with Crippen molar-refractivity contribution in [1.29, 1.82) is 0 Å². The van der Waals surface area contributed by atoms with E-state index in [-0.39, 0.29) is 0 Å². The number of nitrogens with zero attached hydrogens (tertiary/aromatic N) is 2. The van der Waals surface area contributed by atoms with E-state index in [1.54, 1.807) is 24.5 Å². The van der Waals surface area contributed by atoms with Crippen LogP contribution in [0.2, 0.25) is 0 Å². The van der Waals surface area contributed by atoms with Crippen LogP contribution in [0.3, 0.4) is 0 Å². The summed E-state index contributed by atoms with van der Waals surface area (Å²) in [5.41, 5.74) is 0.786. The van der Waals surface area contributed by atoms with Crippen molar-refractivity contribution in [2.24, 2.45) is 0 Å². The van der Waals surface area contributed by atoms with E-state index in [0.717, 1.165) is 5.65 Å². The largest absolute Gasteiger partial charge is 0.569 e. The fraction of sp³-hybridized carbons (Fsp3) is 0. The zero-order chi connectivity index (χ0) is 8.39. The Labute approximate surface area is 69.7 Å². The van der Waals surface area contributed by atoms with Gasteiger partial charge in [0, 0.05) is 24.7 Å². The molecule has 0 amide bonds. The van der Waals surface area contributed by atoms with Crippen molar-refractivity contribution in [2.75, 3.05) is 0 Å². The lowest BCUT2D eigenvalue weighted by Crippen LogP contribution is -1.99. The normalized spacial score (nSPS) is 10.1. The lowest BCUT2D eigenvalue weighted by molar-refractivity contribution is 0.453. The molecular formula is C7H6BN2O2. The van der Waals surface area contributed by atoms with E-state index < -0.39 is 0 Å². The van der Waals surface area contributed by atoms with E-state index in [0.29, 0.717) is 13.4 Å². The van der Waals surface area contributed by atoms with Gasteiger partial charge in [-0.3, -0.25) is 0 Å². The van der Waals surface area contributed by atoms with Gasteiger partial charge in [0.25, 0.3) is 0 Å². The summed E-state index contributed by atoms with van der Waals surface area (Å²) >= 11 is 0. The van der Waals surface area contributed by atoms with Crippen LogP contribution in [0, 0.1) is 0 Å². The second-order valence-corrected chi connectivity index (χ2v) is 2.28. The molecule has 0 unspecified atom stereocenters. The number of hydrogen-bond donors (Lipinski definition) is 1. The Kier molecular flexibility index (Phi) is 1.71. The minimum absolute atomic E-state index is 0.566. The molecule has 0 fully saturated rings. The van der Waals surface area contributed by atoms with Gasteiger partial charge in [0.2, 0.25) is 0 Å². The third kappa shape index (κ3) is 1.14. The molecule has 59 valence electrons. The highest BCUT2D eigenvalue weighted by Crippen LogP contribution is 2.11. The van der Waals surface area contributed by atoms with Gasteiger partial charge in [0.1, 0.15) is 11.4 Å². The highest BCUT2D eigenvalue weighted by atomic mass is 16.5. The number of pyridine rings is 1. The van der Waals surface area contributed by atoms with Crippen LogP contribution in [0.25, 0.3) is 5.65 Å². The molecule has 1 N–H and O–H groups in total. The third-order valence-corrected chi connectivity index (χ3v) is 1.56. The second-order valence-electron chi connectivity index (χ2n) is 2.28. The first-order valence-corrected chi connectivity index (χ1v) is 3.45. The molecule has 2 aromatic rings. The Balaban J connectivity index is 2.46. The highest BCUT2D eigenvalue weighted by molar-refractivity contribution is 6.17. The minimum Gasteiger partial charge on any atom is -0.537 e. The van der Waals surface area contributed by atoms with Crippen LogP contribution in [-0.2, 0) is 0 Å². The number of aromatic nitrogens is 2. The Morgan fingerprint density at radius 1 is 1.50 bits per heavy atom. The first kappa shape index (κ1) is 7.18. The zero-order valence-electron chi connectivity index (χ0n) is 6.21. The van der Waals surface area contributed by atoms with E-state index in [1.165, 1.54) is 0 Å². The minimum atomic E-state index is 0.566. The van der Waals surface area contributed by atoms with Crippen molar-refractivity contribution in [3.8, 4) is 5.75 Å². The molecule has 2 heterocycles. The van der Waals surface area contributed by atoms with Crippen molar-refractivity contribution >= 4 is 13.3 Å². The SMILES string of the molecule is O[B]Oc1ccn2ccnc2c1. The molecule has 0 spiro atoms. The first-order chi connectivity index (χ1) is 5.90. The van der Waals surface area contributed by atoms with Crippen molar-refractivity contribution in [1.82, 2.24) is 9.38 Å². The molecule has 12 heavy (non-hydrogen) atoms. The van der Waals surface area contributed by atoms with Gasteiger partial charge < -0.3 is 14.1 Å². The number of imidazole rings is 1. The molecule has 5 heteroatoms. The molecular weight excluding hydrogens is 155 g/mol.